The molecule has 2 heteroatoms. The fraction of sp³-hybridized carbons (Fsp3) is 0. The molecule has 290 valence electrons. The lowest BCUT2D eigenvalue weighted by Gasteiger charge is -2.27. The Balaban J connectivity index is 1.06. The van der Waals surface area contributed by atoms with Gasteiger partial charge in [-0.05, 0) is 125 Å². The Bertz CT molecular complexity index is 3620. The Morgan fingerprint density at radius 1 is 0.290 bits per heavy atom. The van der Waals surface area contributed by atoms with Crippen LogP contribution < -0.4 is 4.90 Å². The molecule has 0 saturated heterocycles. The molecule has 0 aliphatic carbocycles. The molecule has 62 heavy (non-hydrogen) atoms. The van der Waals surface area contributed by atoms with Gasteiger partial charge < -0.3 is 9.32 Å². The summed E-state index contributed by atoms with van der Waals surface area (Å²) in [5, 5.41) is 9.64. The van der Waals surface area contributed by atoms with Crippen LogP contribution in [0.3, 0.4) is 0 Å². The van der Waals surface area contributed by atoms with Crippen LogP contribution in [0.25, 0.3) is 98.8 Å². The molecule has 1 aromatic heterocycles. The van der Waals surface area contributed by atoms with Gasteiger partial charge in [-0.25, -0.2) is 0 Å². The molecule has 0 spiro atoms. The predicted octanol–water partition coefficient (Wildman–Crippen LogP) is 17.2. The van der Waals surface area contributed by atoms with Crippen molar-refractivity contribution >= 4 is 71.3 Å². The van der Waals surface area contributed by atoms with Crippen LogP contribution in [0.1, 0.15) is 0 Å². The molecule has 0 N–H and O–H groups in total. The quantitative estimate of drug-likeness (QED) is 0.150. The van der Waals surface area contributed by atoms with Crippen molar-refractivity contribution in [2.45, 2.75) is 0 Å². The predicted molar refractivity (Wildman–Crippen MR) is 263 cm³/mol. The van der Waals surface area contributed by atoms with Gasteiger partial charge >= 0.3 is 0 Å². The summed E-state index contributed by atoms with van der Waals surface area (Å²) in [6.07, 6.45) is 0. The zero-order valence-electron chi connectivity index (χ0n) is 33.9. The lowest BCUT2D eigenvalue weighted by Crippen LogP contribution is -2.10. The second-order valence-corrected chi connectivity index (χ2v) is 16.0. The van der Waals surface area contributed by atoms with Crippen molar-refractivity contribution in [3.8, 4) is 44.5 Å². The molecule has 12 rings (SSSR count). The molecule has 0 fully saturated rings. The van der Waals surface area contributed by atoms with Crippen molar-refractivity contribution < 1.29 is 4.42 Å². The van der Waals surface area contributed by atoms with Crippen LogP contribution in [0.4, 0.5) is 17.1 Å². The summed E-state index contributed by atoms with van der Waals surface area (Å²) in [6, 6.07) is 85.5. The third kappa shape index (κ3) is 5.96. The Hall–Kier alpha value is -8.20. The Labute approximate surface area is 360 Å². The molecule has 0 radical (unpaired) electrons. The zero-order valence-corrected chi connectivity index (χ0v) is 33.9. The summed E-state index contributed by atoms with van der Waals surface area (Å²) < 4.78 is 6.46. The summed E-state index contributed by atoms with van der Waals surface area (Å²) in [4.78, 5) is 2.39. The molecular weight excluding hydrogens is 751 g/mol. The molecule has 0 amide bonds. The first kappa shape index (κ1) is 35.7. The van der Waals surface area contributed by atoms with Gasteiger partial charge in [-0.2, -0.15) is 0 Å². The molecule has 0 unspecified atom stereocenters. The van der Waals surface area contributed by atoms with E-state index in [1.54, 1.807) is 0 Å². The molecule has 0 atom stereocenters. The number of para-hydroxylation sites is 1. The van der Waals surface area contributed by atoms with Crippen molar-refractivity contribution in [2.75, 3.05) is 4.90 Å². The van der Waals surface area contributed by atoms with Gasteiger partial charge in [0.2, 0.25) is 0 Å². The average molecular weight is 790 g/mol. The molecule has 12 aromatic rings. The number of fused-ring (bicyclic) bond motifs is 7. The van der Waals surface area contributed by atoms with E-state index in [-0.39, 0.29) is 0 Å². The average Bonchev–Trinajstić information content (AvgIpc) is 3.74. The van der Waals surface area contributed by atoms with Crippen LogP contribution in [0.2, 0.25) is 0 Å². The van der Waals surface area contributed by atoms with Gasteiger partial charge in [0.05, 0.1) is 11.1 Å². The second-order valence-electron chi connectivity index (χ2n) is 16.0. The van der Waals surface area contributed by atoms with Crippen LogP contribution >= 0.6 is 0 Å². The number of benzene rings is 11. The summed E-state index contributed by atoms with van der Waals surface area (Å²) >= 11 is 0. The van der Waals surface area contributed by atoms with Crippen molar-refractivity contribution in [2.24, 2.45) is 0 Å². The smallest absolute Gasteiger partial charge is 0.137 e. The van der Waals surface area contributed by atoms with Crippen molar-refractivity contribution in [1.82, 2.24) is 0 Å². The number of anilines is 3. The standard InChI is InChI=1S/C60H39NO/c1-3-17-42(18-4-1)58-52-26-10-9-25-50(52)51-37-34-45(39-54(51)59(58)43-19-5-2-6-20-43)44-22-13-23-47(38-44)61(55-29-15-31-57-60(55)53-27-11-12-30-56(53)62-57)46-35-32-41(33-36-46)49-28-14-21-40-16-7-8-24-48(40)49/h1-39H. The topological polar surface area (TPSA) is 16.4 Å². The molecule has 2 nitrogen and oxygen atoms in total. The van der Waals surface area contributed by atoms with E-state index >= 15 is 0 Å². The largest absolute Gasteiger partial charge is 0.456 e. The van der Waals surface area contributed by atoms with Gasteiger partial charge in [-0.15, -0.1) is 0 Å². The highest BCUT2D eigenvalue weighted by Gasteiger charge is 2.22. The molecule has 0 saturated carbocycles. The van der Waals surface area contributed by atoms with Gasteiger partial charge in [0.1, 0.15) is 11.2 Å². The van der Waals surface area contributed by atoms with Gasteiger partial charge in [-0.3, -0.25) is 0 Å². The maximum Gasteiger partial charge on any atom is 0.137 e. The van der Waals surface area contributed by atoms with E-state index in [2.05, 4.69) is 235 Å². The fourth-order valence-electron chi connectivity index (χ4n) is 9.64. The SMILES string of the molecule is c1ccc(-c2c(-c3ccccc3)c3cc(-c4cccc(N(c5ccc(-c6cccc7ccccc67)cc5)c5cccc6oc7ccccc7c56)c4)ccc3c3ccccc23)cc1. The van der Waals surface area contributed by atoms with E-state index in [0.29, 0.717) is 0 Å². The molecule has 1 heterocycles. The van der Waals surface area contributed by atoms with E-state index in [4.69, 9.17) is 4.42 Å². The van der Waals surface area contributed by atoms with Crippen LogP contribution in [-0.4, -0.2) is 0 Å². The maximum absolute atomic E-state index is 6.46. The first-order valence-electron chi connectivity index (χ1n) is 21.3. The lowest BCUT2D eigenvalue weighted by molar-refractivity contribution is 0.669. The van der Waals surface area contributed by atoms with Gasteiger partial charge in [0.25, 0.3) is 0 Å². The number of furan rings is 1. The van der Waals surface area contributed by atoms with Crippen LogP contribution in [0.15, 0.2) is 241 Å². The number of rotatable bonds is 7. The molecule has 0 bridgehead atoms. The zero-order chi connectivity index (χ0) is 41.0. The fourth-order valence-corrected chi connectivity index (χ4v) is 9.64. The van der Waals surface area contributed by atoms with E-state index in [1.165, 1.54) is 65.7 Å². The van der Waals surface area contributed by atoms with Crippen molar-refractivity contribution in [1.29, 1.82) is 0 Å². The van der Waals surface area contributed by atoms with Gasteiger partial charge in [0, 0.05) is 16.8 Å². The number of nitrogens with zero attached hydrogens (tertiary/aromatic N) is 1. The monoisotopic (exact) mass is 789 g/mol. The summed E-state index contributed by atoms with van der Waals surface area (Å²) in [7, 11) is 0. The van der Waals surface area contributed by atoms with Gasteiger partial charge in [0.15, 0.2) is 0 Å². The van der Waals surface area contributed by atoms with Crippen LogP contribution in [0, 0.1) is 0 Å². The minimum absolute atomic E-state index is 0.863. The van der Waals surface area contributed by atoms with E-state index in [9.17, 15) is 0 Å². The normalized spacial score (nSPS) is 11.5. The first-order chi connectivity index (χ1) is 30.8. The molecular formula is C60H39NO. The summed E-state index contributed by atoms with van der Waals surface area (Å²) in [6.45, 7) is 0. The highest BCUT2D eigenvalue weighted by molar-refractivity contribution is 6.22. The second kappa shape index (κ2) is 14.8. The Morgan fingerprint density at radius 2 is 0.839 bits per heavy atom. The minimum Gasteiger partial charge on any atom is -0.456 e. The Kier molecular flexibility index (Phi) is 8.53. The molecule has 11 aromatic carbocycles. The minimum atomic E-state index is 0.863. The van der Waals surface area contributed by atoms with Crippen molar-refractivity contribution in [3.05, 3.63) is 237 Å². The highest BCUT2D eigenvalue weighted by atomic mass is 16.3. The third-order valence-electron chi connectivity index (χ3n) is 12.4. The van der Waals surface area contributed by atoms with Gasteiger partial charge in [-0.1, -0.05) is 188 Å². The first-order valence-corrected chi connectivity index (χ1v) is 21.3. The van der Waals surface area contributed by atoms with Crippen LogP contribution in [-0.2, 0) is 0 Å². The number of hydrogen-bond acceptors (Lipinski definition) is 2. The Morgan fingerprint density at radius 3 is 1.63 bits per heavy atom. The lowest BCUT2D eigenvalue weighted by atomic mass is 9.84. The molecule has 0 aliphatic heterocycles. The third-order valence-corrected chi connectivity index (χ3v) is 12.4. The van der Waals surface area contributed by atoms with E-state index in [1.807, 2.05) is 6.07 Å². The molecule has 0 aliphatic rings. The maximum atomic E-state index is 6.46. The van der Waals surface area contributed by atoms with Crippen molar-refractivity contribution in [3.63, 3.8) is 0 Å². The summed E-state index contributed by atoms with van der Waals surface area (Å²) in [5.74, 6) is 0. The summed E-state index contributed by atoms with van der Waals surface area (Å²) in [5.41, 5.74) is 14.5. The highest BCUT2D eigenvalue weighted by Crippen LogP contribution is 2.47. The number of hydrogen-bond donors (Lipinski definition) is 0. The van der Waals surface area contributed by atoms with E-state index < -0.39 is 0 Å². The van der Waals surface area contributed by atoms with Crippen LogP contribution in [0.5, 0.6) is 0 Å². The van der Waals surface area contributed by atoms with E-state index in [0.717, 1.165) is 50.1 Å².